The van der Waals surface area contributed by atoms with E-state index in [4.69, 9.17) is 14.5 Å². The molecule has 6 rings (SSSR count). The van der Waals surface area contributed by atoms with Crippen LogP contribution in [0.3, 0.4) is 0 Å². The minimum Gasteiger partial charge on any atom is -0.496 e. The fourth-order valence-electron chi connectivity index (χ4n) is 5.84. The molecule has 1 saturated heterocycles. The summed E-state index contributed by atoms with van der Waals surface area (Å²) in [6.07, 6.45) is 8.00. The van der Waals surface area contributed by atoms with Gasteiger partial charge in [0.15, 0.2) is 0 Å². The lowest BCUT2D eigenvalue weighted by atomic mass is 9.85. The van der Waals surface area contributed by atoms with Crippen molar-refractivity contribution in [3.63, 3.8) is 0 Å². The van der Waals surface area contributed by atoms with Gasteiger partial charge in [0.1, 0.15) is 11.6 Å². The molecule has 35 heavy (non-hydrogen) atoms. The lowest BCUT2D eigenvalue weighted by Crippen LogP contribution is -2.39. The molecule has 1 unspecified atom stereocenters. The van der Waals surface area contributed by atoms with Crippen molar-refractivity contribution in [2.24, 2.45) is 13.0 Å². The summed E-state index contributed by atoms with van der Waals surface area (Å²) in [6.45, 7) is 3.42. The highest BCUT2D eigenvalue weighted by atomic mass is 19.1. The molecule has 2 aromatic heterocycles. The van der Waals surface area contributed by atoms with Gasteiger partial charge in [0.05, 0.1) is 42.0 Å². The number of fused-ring (bicyclic) bond motifs is 3. The first-order valence-electron chi connectivity index (χ1n) is 12.0. The van der Waals surface area contributed by atoms with E-state index < -0.39 is 0 Å². The molecule has 1 fully saturated rings. The maximum Gasteiger partial charge on any atom is 0.126 e. The van der Waals surface area contributed by atoms with Crippen molar-refractivity contribution >= 4 is 11.3 Å². The van der Waals surface area contributed by atoms with E-state index in [0.29, 0.717) is 5.92 Å². The van der Waals surface area contributed by atoms with Crippen LogP contribution in [0, 0.1) is 18.7 Å². The van der Waals surface area contributed by atoms with Crippen molar-refractivity contribution in [1.29, 1.82) is 0 Å². The fourth-order valence-corrected chi connectivity index (χ4v) is 5.84. The van der Waals surface area contributed by atoms with E-state index in [1.54, 1.807) is 23.9 Å². The first kappa shape index (κ1) is 22.0. The Morgan fingerprint density at radius 2 is 1.94 bits per heavy atom. The molecule has 1 aromatic carbocycles. The van der Waals surface area contributed by atoms with Crippen LogP contribution in [0.25, 0.3) is 16.8 Å². The molecule has 2 atom stereocenters. The molecule has 0 radical (unpaired) electrons. The number of benzene rings is 1. The summed E-state index contributed by atoms with van der Waals surface area (Å²) < 4.78 is 27.2. The van der Waals surface area contributed by atoms with Gasteiger partial charge >= 0.3 is 0 Å². The van der Waals surface area contributed by atoms with Crippen LogP contribution < -0.4 is 4.90 Å². The van der Waals surface area contributed by atoms with Crippen molar-refractivity contribution < 1.29 is 13.9 Å². The lowest BCUT2D eigenvalue weighted by Gasteiger charge is -2.41. The fraction of sp³-hybridized carbons (Fsp3) is 0.370. The number of hydrogen-bond donors (Lipinski definition) is 0. The molecule has 4 heterocycles. The van der Waals surface area contributed by atoms with Gasteiger partial charge in [-0.25, -0.2) is 9.07 Å². The van der Waals surface area contributed by atoms with Gasteiger partial charge in [0.2, 0.25) is 0 Å². The first-order chi connectivity index (χ1) is 17.1. The molecule has 0 amide bonds. The van der Waals surface area contributed by atoms with Gasteiger partial charge in [-0.05, 0) is 55.5 Å². The monoisotopic (exact) mass is 473 g/mol. The van der Waals surface area contributed by atoms with Crippen molar-refractivity contribution in [2.75, 3.05) is 25.2 Å². The summed E-state index contributed by atoms with van der Waals surface area (Å²) in [7, 11) is 3.60. The van der Waals surface area contributed by atoms with E-state index in [1.165, 1.54) is 0 Å². The number of ether oxygens (including phenoxy) is 2. The molecule has 0 spiro atoms. The van der Waals surface area contributed by atoms with Crippen LogP contribution in [0.2, 0.25) is 0 Å². The van der Waals surface area contributed by atoms with Gasteiger partial charge in [0, 0.05) is 37.6 Å². The quantitative estimate of drug-likeness (QED) is 0.539. The first-order valence-corrected chi connectivity index (χ1v) is 12.0. The van der Waals surface area contributed by atoms with Crippen LogP contribution in [0.1, 0.15) is 35.8 Å². The van der Waals surface area contributed by atoms with E-state index in [2.05, 4.69) is 27.4 Å². The Bertz CT molecular complexity index is 1300. The van der Waals surface area contributed by atoms with E-state index in [1.807, 2.05) is 38.4 Å². The van der Waals surface area contributed by atoms with Crippen LogP contribution in [-0.2, 0) is 16.5 Å². The highest BCUT2D eigenvalue weighted by molar-refractivity contribution is 5.93. The number of allylic oxidation sites excluding steroid dienone is 1. The summed E-state index contributed by atoms with van der Waals surface area (Å²) in [6, 6.07) is 9.16. The minimum absolute atomic E-state index is 0.00800. The number of aryl methyl sites for hydroxylation is 2. The molecule has 0 saturated carbocycles. The van der Waals surface area contributed by atoms with Crippen molar-refractivity contribution in [2.45, 2.75) is 31.8 Å². The predicted octanol–water partition coefficient (Wildman–Crippen LogP) is 4.61. The van der Waals surface area contributed by atoms with Crippen LogP contribution in [0.4, 0.5) is 10.1 Å². The third-order valence-electron chi connectivity index (χ3n) is 7.40. The van der Waals surface area contributed by atoms with Gasteiger partial charge in [-0.3, -0.25) is 4.98 Å². The average Bonchev–Trinajstić information content (AvgIpc) is 3.54. The zero-order chi connectivity index (χ0) is 24.1. The second-order valence-electron chi connectivity index (χ2n) is 9.38. The van der Waals surface area contributed by atoms with Gasteiger partial charge < -0.3 is 14.4 Å². The predicted molar refractivity (Wildman–Crippen MR) is 131 cm³/mol. The van der Waals surface area contributed by atoms with E-state index >= 15 is 0 Å². The third kappa shape index (κ3) is 3.55. The summed E-state index contributed by atoms with van der Waals surface area (Å²) in [5.74, 6) is 0.958. The van der Waals surface area contributed by atoms with Crippen LogP contribution in [-0.4, -0.2) is 46.3 Å². The Hall–Kier alpha value is -3.52. The van der Waals surface area contributed by atoms with Gasteiger partial charge in [-0.1, -0.05) is 23.4 Å². The largest absolute Gasteiger partial charge is 0.496 e. The number of halogens is 1. The second-order valence-corrected chi connectivity index (χ2v) is 9.38. The zero-order valence-electron chi connectivity index (χ0n) is 20.1. The number of rotatable bonds is 5. The Kier molecular flexibility index (Phi) is 5.40. The molecule has 3 aliphatic rings. The van der Waals surface area contributed by atoms with Crippen LogP contribution in [0.5, 0.6) is 0 Å². The van der Waals surface area contributed by atoms with Crippen LogP contribution in [0.15, 0.2) is 54.4 Å². The van der Waals surface area contributed by atoms with Gasteiger partial charge in [0.25, 0.3) is 0 Å². The minimum atomic E-state index is -0.229. The number of aromatic nitrogens is 4. The summed E-state index contributed by atoms with van der Waals surface area (Å²) in [4.78, 5) is 7.40. The smallest absolute Gasteiger partial charge is 0.126 e. The molecule has 2 aliphatic heterocycles. The number of nitrogens with zero attached hydrogens (tertiary/aromatic N) is 5. The average molecular weight is 474 g/mol. The summed E-state index contributed by atoms with van der Waals surface area (Å²) in [5.41, 5.74) is 6.90. The molecular formula is C27H28FN5O2. The molecule has 3 aromatic rings. The zero-order valence-corrected chi connectivity index (χ0v) is 20.1. The number of pyridine rings is 1. The van der Waals surface area contributed by atoms with Crippen molar-refractivity contribution in [1.82, 2.24) is 20.0 Å². The van der Waals surface area contributed by atoms with Crippen molar-refractivity contribution in [3.8, 4) is 11.3 Å². The van der Waals surface area contributed by atoms with Crippen molar-refractivity contribution in [3.05, 3.63) is 77.2 Å². The highest BCUT2D eigenvalue weighted by Gasteiger charge is 2.45. The van der Waals surface area contributed by atoms with E-state index in [-0.39, 0.29) is 17.9 Å². The normalized spacial score (nSPS) is 20.3. The van der Waals surface area contributed by atoms with E-state index in [9.17, 15) is 4.39 Å². The Balaban J connectivity index is 1.55. The highest BCUT2D eigenvalue weighted by Crippen LogP contribution is 2.52. The maximum atomic E-state index is 13.9. The molecule has 0 N–H and O–H groups in total. The molecule has 0 bridgehead atoms. The number of methoxy groups -OCH3 is 1. The Morgan fingerprint density at radius 3 is 2.63 bits per heavy atom. The Labute approximate surface area is 203 Å². The number of hydrogen-bond acceptors (Lipinski definition) is 6. The topological polar surface area (TPSA) is 65.3 Å². The third-order valence-corrected chi connectivity index (χ3v) is 7.40. The van der Waals surface area contributed by atoms with Gasteiger partial charge in [-0.15, -0.1) is 5.10 Å². The maximum absolute atomic E-state index is 13.9. The number of anilines is 1. The second kappa shape index (κ2) is 8.61. The van der Waals surface area contributed by atoms with Gasteiger partial charge in [-0.2, -0.15) is 0 Å². The molecule has 8 heteroatoms. The molecule has 1 aliphatic carbocycles. The molecule has 7 nitrogen and oxygen atoms in total. The standard InChI is InChI=1S/C27H28FN5O2/c1-16-26(32(2)31-30-16)19-14-22-25(29-15-19)24-21(8-9-23(24)34-3)33(22)27(18-10-12-35-13-11-18)17-4-6-20(28)7-5-17/h4-9,14-15,18,21,27H,10-13H2,1-3H3/t21?,27-/m1/s1. The summed E-state index contributed by atoms with van der Waals surface area (Å²) >= 11 is 0. The Morgan fingerprint density at radius 1 is 1.17 bits per heavy atom. The SMILES string of the molecule is COC1=C2c3ncc(-c4c(C)nnn4C)cc3N([C@H](c3ccc(F)cc3)C3CCOCC3)C2C=C1. The molecule has 180 valence electrons. The van der Waals surface area contributed by atoms with Crippen LogP contribution >= 0.6 is 0 Å². The van der Waals surface area contributed by atoms with E-state index in [0.717, 1.165) is 71.3 Å². The lowest BCUT2D eigenvalue weighted by molar-refractivity contribution is 0.0572. The molecular weight excluding hydrogens is 445 g/mol. The summed E-state index contributed by atoms with van der Waals surface area (Å²) in [5, 5.41) is 8.42.